The van der Waals surface area contributed by atoms with Gasteiger partial charge >= 0.3 is 0 Å². The van der Waals surface area contributed by atoms with Crippen molar-refractivity contribution in [2.24, 2.45) is 0 Å². The average molecular weight is 539 g/mol. The molecule has 0 aliphatic carbocycles. The van der Waals surface area contributed by atoms with Crippen molar-refractivity contribution < 1.29 is 13.9 Å². The second-order valence-electron chi connectivity index (χ2n) is 12.7. The van der Waals surface area contributed by atoms with Gasteiger partial charge in [0.1, 0.15) is 0 Å². The minimum Gasteiger partial charge on any atom is -0.401 e. The fourth-order valence-electron chi connectivity index (χ4n) is 5.22. The molecule has 0 aromatic heterocycles. The lowest BCUT2D eigenvalue weighted by Crippen LogP contribution is -2.67. The normalized spacial score (nSPS) is 18.3. The van der Waals surface area contributed by atoms with Crippen LogP contribution in [0.5, 0.6) is 0 Å². The van der Waals surface area contributed by atoms with Crippen molar-refractivity contribution in [3.63, 3.8) is 0 Å². The summed E-state index contributed by atoms with van der Waals surface area (Å²) in [4.78, 5) is 0. The smallest absolute Gasteiger partial charge is 0.261 e. The van der Waals surface area contributed by atoms with Gasteiger partial charge in [0.05, 0.1) is 6.10 Å². The van der Waals surface area contributed by atoms with Crippen LogP contribution in [-0.2, 0) is 13.9 Å². The van der Waals surface area contributed by atoms with Crippen LogP contribution < -0.4 is 10.4 Å². The van der Waals surface area contributed by atoms with Crippen LogP contribution in [0.3, 0.4) is 0 Å². The number of hydrogen-bond donors (Lipinski definition) is 0. The molecule has 0 bridgehead atoms. The highest BCUT2D eigenvalue weighted by Crippen LogP contribution is 2.38. The van der Waals surface area contributed by atoms with Crippen molar-refractivity contribution in [1.82, 2.24) is 0 Å². The Kier molecular flexibility index (Phi) is 11.4. The molecule has 37 heavy (non-hydrogen) atoms. The van der Waals surface area contributed by atoms with Crippen molar-refractivity contribution in [2.75, 3.05) is 13.2 Å². The summed E-state index contributed by atoms with van der Waals surface area (Å²) < 4.78 is 19.3. The number of benzene rings is 2. The Hall–Kier alpha value is -1.51. The van der Waals surface area contributed by atoms with Crippen LogP contribution >= 0.6 is 0 Å². The standard InChI is InChI=1S/C32H50O3Si2/c1-32(2,3)37(29-20-9-7-10-21-29,30-22-11-8-12-23-30)35-28(18-14-16-27-36(4,5)6)19-17-26-34-31-24-13-15-25-33-31/h7-12,14,18,20-23,28,31H,13,15-17,19,24-27H2,1-6H3/b18-14-. The first-order valence-corrected chi connectivity index (χ1v) is 19.9. The largest absolute Gasteiger partial charge is 0.401 e. The third-order valence-corrected chi connectivity index (χ3v) is 14.1. The van der Waals surface area contributed by atoms with E-state index in [1.165, 1.54) is 22.8 Å². The molecule has 0 amide bonds. The van der Waals surface area contributed by atoms with E-state index in [1.807, 2.05) is 0 Å². The molecule has 1 aliphatic heterocycles. The fraction of sp³-hybridized carbons (Fsp3) is 0.562. The van der Waals surface area contributed by atoms with Crippen LogP contribution in [0, 0.1) is 0 Å². The zero-order valence-electron chi connectivity index (χ0n) is 24.2. The molecule has 2 aromatic carbocycles. The van der Waals surface area contributed by atoms with Crippen molar-refractivity contribution in [3.8, 4) is 0 Å². The Labute approximate surface area is 228 Å². The van der Waals surface area contributed by atoms with E-state index < -0.39 is 16.4 Å². The minimum absolute atomic E-state index is 0.0305. The van der Waals surface area contributed by atoms with Gasteiger partial charge in [-0.25, -0.2) is 0 Å². The molecule has 1 heterocycles. The molecule has 0 saturated carbocycles. The van der Waals surface area contributed by atoms with E-state index in [0.29, 0.717) is 6.61 Å². The highest BCUT2D eigenvalue weighted by molar-refractivity contribution is 6.99. The minimum atomic E-state index is -2.61. The number of rotatable bonds is 13. The molecule has 3 rings (SSSR count). The number of ether oxygens (including phenoxy) is 2. The third kappa shape index (κ3) is 9.03. The lowest BCUT2D eigenvalue weighted by atomic mass is 10.2. The first-order valence-electron chi connectivity index (χ1n) is 14.3. The molecule has 1 saturated heterocycles. The molecule has 3 nitrogen and oxygen atoms in total. The summed E-state index contributed by atoms with van der Waals surface area (Å²) in [5, 5.41) is 2.63. The van der Waals surface area contributed by atoms with E-state index in [1.54, 1.807) is 0 Å². The molecule has 1 fully saturated rings. The van der Waals surface area contributed by atoms with Crippen LogP contribution in [0.2, 0.25) is 30.7 Å². The maximum Gasteiger partial charge on any atom is 0.261 e. The van der Waals surface area contributed by atoms with E-state index in [4.69, 9.17) is 13.9 Å². The lowest BCUT2D eigenvalue weighted by Gasteiger charge is -2.45. The van der Waals surface area contributed by atoms with Gasteiger partial charge in [-0.15, -0.1) is 0 Å². The van der Waals surface area contributed by atoms with Gasteiger partial charge in [-0.05, 0) is 53.9 Å². The van der Waals surface area contributed by atoms with Crippen LogP contribution in [0.1, 0.15) is 59.3 Å². The van der Waals surface area contributed by atoms with E-state index >= 15 is 0 Å². The average Bonchev–Trinajstić information content (AvgIpc) is 2.87. The Morgan fingerprint density at radius 1 is 0.946 bits per heavy atom. The summed E-state index contributed by atoms with van der Waals surface area (Å²) >= 11 is 0. The highest BCUT2D eigenvalue weighted by Gasteiger charge is 2.51. The van der Waals surface area contributed by atoms with Gasteiger partial charge in [-0.3, -0.25) is 0 Å². The topological polar surface area (TPSA) is 27.7 Å². The summed E-state index contributed by atoms with van der Waals surface area (Å²) in [5.74, 6) is 0. The summed E-state index contributed by atoms with van der Waals surface area (Å²) in [7, 11) is -3.69. The lowest BCUT2D eigenvalue weighted by molar-refractivity contribution is -0.163. The van der Waals surface area contributed by atoms with Crippen molar-refractivity contribution in [2.45, 2.75) is 102 Å². The molecule has 0 radical (unpaired) electrons. The van der Waals surface area contributed by atoms with E-state index in [-0.39, 0.29) is 17.4 Å². The maximum atomic E-state index is 7.48. The van der Waals surface area contributed by atoms with E-state index in [0.717, 1.165) is 38.7 Å². The Bertz CT molecular complexity index is 887. The van der Waals surface area contributed by atoms with Crippen LogP contribution in [0.4, 0.5) is 0 Å². The predicted octanol–water partition coefficient (Wildman–Crippen LogP) is 7.54. The Morgan fingerprint density at radius 3 is 2.08 bits per heavy atom. The molecule has 5 heteroatoms. The SMILES string of the molecule is CC(C)(C)[Si](OC(/C=C\CC[Si](C)(C)C)CCCOC1CCCCO1)(c1ccccc1)c1ccccc1. The first-order chi connectivity index (χ1) is 17.6. The third-order valence-electron chi connectivity index (χ3n) is 7.23. The molecule has 204 valence electrons. The number of allylic oxidation sites excluding steroid dienone is 1. The summed E-state index contributed by atoms with van der Waals surface area (Å²) in [6.45, 7) is 15.9. The molecule has 0 N–H and O–H groups in total. The van der Waals surface area contributed by atoms with Crippen LogP contribution in [-0.4, -0.2) is 42.0 Å². The van der Waals surface area contributed by atoms with E-state index in [9.17, 15) is 0 Å². The summed E-state index contributed by atoms with van der Waals surface area (Å²) in [6.07, 6.45) is 11.1. The zero-order valence-corrected chi connectivity index (χ0v) is 26.2. The van der Waals surface area contributed by atoms with Gasteiger partial charge in [0, 0.05) is 21.3 Å². The second-order valence-corrected chi connectivity index (χ2v) is 22.5. The summed E-state index contributed by atoms with van der Waals surface area (Å²) in [5.41, 5.74) is 0. The van der Waals surface area contributed by atoms with Crippen molar-refractivity contribution >= 4 is 26.8 Å². The van der Waals surface area contributed by atoms with Gasteiger partial charge in [0.15, 0.2) is 6.29 Å². The predicted molar refractivity (Wildman–Crippen MR) is 163 cm³/mol. The fourth-order valence-corrected chi connectivity index (χ4v) is 10.9. The quantitative estimate of drug-likeness (QED) is 0.150. The molecular weight excluding hydrogens is 489 g/mol. The van der Waals surface area contributed by atoms with Crippen molar-refractivity contribution in [3.05, 3.63) is 72.8 Å². The monoisotopic (exact) mass is 538 g/mol. The van der Waals surface area contributed by atoms with Crippen LogP contribution in [0.15, 0.2) is 72.8 Å². The summed E-state index contributed by atoms with van der Waals surface area (Å²) in [6, 6.07) is 23.3. The molecular formula is C32H50O3Si2. The highest BCUT2D eigenvalue weighted by atomic mass is 28.4. The molecule has 0 spiro atoms. The Morgan fingerprint density at radius 2 is 1.57 bits per heavy atom. The van der Waals surface area contributed by atoms with Gasteiger partial charge in [-0.2, -0.15) is 0 Å². The van der Waals surface area contributed by atoms with Gasteiger partial charge < -0.3 is 13.9 Å². The first kappa shape index (κ1) is 30.0. The molecule has 2 unspecified atom stereocenters. The van der Waals surface area contributed by atoms with Crippen LogP contribution in [0.25, 0.3) is 0 Å². The van der Waals surface area contributed by atoms with Crippen molar-refractivity contribution in [1.29, 1.82) is 0 Å². The molecule has 1 aliphatic rings. The molecule has 2 atom stereocenters. The molecule has 2 aromatic rings. The Balaban J connectivity index is 1.86. The van der Waals surface area contributed by atoms with Gasteiger partial charge in [-0.1, -0.05) is 119 Å². The van der Waals surface area contributed by atoms with Gasteiger partial charge in [0.2, 0.25) is 0 Å². The number of hydrogen-bond acceptors (Lipinski definition) is 3. The second kappa shape index (κ2) is 14.0. The van der Waals surface area contributed by atoms with E-state index in [2.05, 4.69) is 113 Å². The van der Waals surface area contributed by atoms with Gasteiger partial charge in [0.25, 0.3) is 8.32 Å². The maximum absolute atomic E-state index is 7.48. The zero-order chi connectivity index (χ0) is 26.8.